The van der Waals surface area contributed by atoms with Crippen LogP contribution >= 0.6 is 0 Å². The molecule has 0 unspecified atom stereocenters. The van der Waals surface area contributed by atoms with Crippen LogP contribution in [0.4, 0.5) is 0 Å². The van der Waals surface area contributed by atoms with E-state index in [0.717, 1.165) is 5.69 Å². The second kappa shape index (κ2) is 4.49. The Kier molecular flexibility index (Phi) is 2.68. The molecule has 1 aromatic carbocycles. The number of aromatic nitrogens is 4. The number of aryl methyl sites for hydroxylation is 1. The van der Waals surface area contributed by atoms with E-state index in [9.17, 15) is 4.79 Å². The first kappa shape index (κ1) is 11.3. The normalized spacial score (nSPS) is 10.6. The number of para-hydroxylation sites is 1. The van der Waals surface area contributed by atoms with Crippen LogP contribution < -0.4 is 4.74 Å². The molecule has 0 saturated heterocycles. The highest BCUT2D eigenvalue weighted by Gasteiger charge is 2.16. The average Bonchev–Trinajstić information content (AvgIpc) is 2.85. The van der Waals surface area contributed by atoms with Gasteiger partial charge in [0.15, 0.2) is 0 Å². The van der Waals surface area contributed by atoms with E-state index < -0.39 is 5.97 Å². The van der Waals surface area contributed by atoms with Gasteiger partial charge in [-0.15, -0.1) is 5.10 Å². The fourth-order valence-corrected chi connectivity index (χ4v) is 1.63. The highest BCUT2D eigenvalue weighted by atomic mass is 16.5. The summed E-state index contributed by atoms with van der Waals surface area (Å²) in [5, 5.41) is 4.08. The molecule has 94 valence electrons. The molecule has 0 radical (unpaired) electrons. The number of fused-ring (bicyclic) bond motifs is 1. The summed E-state index contributed by atoms with van der Waals surface area (Å²) in [7, 11) is 0. The van der Waals surface area contributed by atoms with Gasteiger partial charge < -0.3 is 4.74 Å². The number of benzene rings is 1. The van der Waals surface area contributed by atoms with Crippen LogP contribution in [0, 0.1) is 6.92 Å². The average molecular weight is 254 g/mol. The largest absolute Gasteiger partial charge is 0.421 e. The van der Waals surface area contributed by atoms with E-state index >= 15 is 0 Å². The van der Waals surface area contributed by atoms with Crippen LogP contribution in [0.3, 0.4) is 0 Å². The van der Waals surface area contributed by atoms with E-state index in [0.29, 0.717) is 11.5 Å². The van der Waals surface area contributed by atoms with Crippen molar-refractivity contribution in [2.45, 2.75) is 6.92 Å². The number of rotatable bonds is 2. The lowest BCUT2D eigenvalue weighted by molar-refractivity contribution is 0.0722. The van der Waals surface area contributed by atoms with E-state index in [1.54, 1.807) is 36.5 Å². The van der Waals surface area contributed by atoms with E-state index in [2.05, 4.69) is 15.1 Å². The van der Waals surface area contributed by atoms with Gasteiger partial charge in [-0.3, -0.25) is 0 Å². The Balaban J connectivity index is 1.92. The summed E-state index contributed by atoms with van der Waals surface area (Å²) in [4.78, 5) is 20.0. The molecule has 0 N–H and O–H groups in total. The van der Waals surface area contributed by atoms with Crippen LogP contribution in [-0.2, 0) is 0 Å². The number of hydrogen-bond donors (Lipinski definition) is 0. The van der Waals surface area contributed by atoms with Crippen molar-refractivity contribution in [1.29, 1.82) is 0 Å². The van der Waals surface area contributed by atoms with E-state index in [-0.39, 0.29) is 5.82 Å². The first-order chi connectivity index (χ1) is 9.24. The lowest BCUT2D eigenvalue weighted by Crippen LogP contribution is -2.10. The molecule has 2 aromatic heterocycles. The van der Waals surface area contributed by atoms with Crippen molar-refractivity contribution in [3.05, 3.63) is 54.1 Å². The van der Waals surface area contributed by atoms with Gasteiger partial charge in [0.2, 0.25) is 0 Å². The van der Waals surface area contributed by atoms with Crippen molar-refractivity contribution in [3.8, 4) is 5.75 Å². The van der Waals surface area contributed by atoms with Gasteiger partial charge in [0.1, 0.15) is 5.75 Å². The number of ether oxygens (including phenoxy) is 1. The zero-order valence-electron chi connectivity index (χ0n) is 10.1. The van der Waals surface area contributed by atoms with Gasteiger partial charge in [0, 0.05) is 11.9 Å². The Hall–Kier alpha value is -2.76. The van der Waals surface area contributed by atoms with Gasteiger partial charge in [-0.2, -0.15) is 4.98 Å². The SMILES string of the molecule is Cc1ccnc2nc(C(=O)Oc3ccccc3)nn12. The quantitative estimate of drug-likeness (QED) is 0.513. The molecule has 0 atom stereocenters. The van der Waals surface area contributed by atoms with E-state index in [4.69, 9.17) is 4.74 Å². The van der Waals surface area contributed by atoms with Gasteiger partial charge in [-0.1, -0.05) is 18.2 Å². The molecule has 2 heterocycles. The molecule has 0 spiro atoms. The van der Waals surface area contributed by atoms with Crippen molar-refractivity contribution in [1.82, 2.24) is 19.6 Å². The first-order valence-electron chi connectivity index (χ1n) is 5.69. The Morgan fingerprint density at radius 3 is 2.74 bits per heavy atom. The van der Waals surface area contributed by atoms with Crippen molar-refractivity contribution in [2.75, 3.05) is 0 Å². The molecule has 0 saturated carbocycles. The first-order valence-corrected chi connectivity index (χ1v) is 5.69. The molecule has 0 aliphatic rings. The van der Waals surface area contributed by atoms with Gasteiger partial charge in [-0.25, -0.2) is 14.3 Å². The topological polar surface area (TPSA) is 69.4 Å². The zero-order valence-corrected chi connectivity index (χ0v) is 10.1. The number of esters is 1. The lowest BCUT2D eigenvalue weighted by atomic mass is 10.3. The molecule has 0 amide bonds. The molecule has 0 aliphatic carbocycles. The molecule has 19 heavy (non-hydrogen) atoms. The lowest BCUT2D eigenvalue weighted by Gasteiger charge is -1.99. The monoisotopic (exact) mass is 254 g/mol. The van der Waals surface area contributed by atoms with Crippen molar-refractivity contribution < 1.29 is 9.53 Å². The van der Waals surface area contributed by atoms with Gasteiger partial charge in [-0.05, 0) is 25.1 Å². The van der Waals surface area contributed by atoms with Crippen molar-refractivity contribution >= 4 is 11.7 Å². The van der Waals surface area contributed by atoms with Gasteiger partial charge in [0.05, 0.1) is 0 Å². The van der Waals surface area contributed by atoms with E-state index in [1.165, 1.54) is 4.52 Å². The Bertz CT molecular complexity index is 737. The molecular formula is C13H10N4O2. The maximum atomic E-state index is 11.9. The summed E-state index contributed by atoms with van der Waals surface area (Å²) < 4.78 is 6.67. The standard InChI is InChI=1S/C13H10N4O2/c1-9-7-8-14-13-15-11(16-17(9)13)12(18)19-10-5-3-2-4-6-10/h2-8H,1H3. The number of carbonyl (C=O) groups excluding carboxylic acids is 1. The van der Waals surface area contributed by atoms with Crippen LogP contribution in [0.2, 0.25) is 0 Å². The number of hydrogen-bond acceptors (Lipinski definition) is 5. The van der Waals surface area contributed by atoms with Crippen molar-refractivity contribution in [2.24, 2.45) is 0 Å². The second-order valence-corrected chi connectivity index (χ2v) is 3.94. The Morgan fingerprint density at radius 2 is 2.00 bits per heavy atom. The highest BCUT2D eigenvalue weighted by Crippen LogP contribution is 2.10. The van der Waals surface area contributed by atoms with Crippen LogP contribution in [0.15, 0.2) is 42.6 Å². The molecular weight excluding hydrogens is 244 g/mol. The van der Waals surface area contributed by atoms with Crippen molar-refractivity contribution in [3.63, 3.8) is 0 Å². The summed E-state index contributed by atoms with van der Waals surface area (Å²) in [6.07, 6.45) is 1.62. The molecule has 0 bridgehead atoms. The summed E-state index contributed by atoms with van der Waals surface area (Å²) in [5.41, 5.74) is 0.844. The summed E-state index contributed by atoms with van der Waals surface area (Å²) in [6, 6.07) is 10.6. The molecule has 3 aromatic rings. The predicted molar refractivity (Wildman–Crippen MR) is 66.9 cm³/mol. The third kappa shape index (κ3) is 2.15. The third-order valence-corrected chi connectivity index (χ3v) is 2.57. The fraction of sp³-hybridized carbons (Fsp3) is 0.0769. The van der Waals surface area contributed by atoms with Crippen LogP contribution in [-0.4, -0.2) is 25.6 Å². The van der Waals surface area contributed by atoms with Crippen LogP contribution in [0.5, 0.6) is 5.75 Å². The second-order valence-electron chi connectivity index (χ2n) is 3.94. The van der Waals surface area contributed by atoms with E-state index in [1.807, 2.05) is 13.0 Å². The highest BCUT2D eigenvalue weighted by molar-refractivity contribution is 5.87. The minimum absolute atomic E-state index is 0.00865. The maximum absolute atomic E-state index is 11.9. The van der Waals surface area contributed by atoms with Gasteiger partial charge >= 0.3 is 5.97 Å². The summed E-state index contributed by atoms with van der Waals surface area (Å²) in [6.45, 7) is 1.86. The Morgan fingerprint density at radius 1 is 1.21 bits per heavy atom. The minimum Gasteiger partial charge on any atom is -0.421 e. The third-order valence-electron chi connectivity index (χ3n) is 2.57. The molecule has 0 fully saturated rings. The number of carbonyl (C=O) groups is 1. The number of nitrogens with zero attached hydrogens (tertiary/aromatic N) is 4. The smallest absolute Gasteiger partial charge is 0.383 e. The van der Waals surface area contributed by atoms with Crippen LogP contribution in [0.1, 0.15) is 16.3 Å². The summed E-state index contributed by atoms with van der Waals surface area (Å²) >= 11 is 0. The minimum atomic E-state index is -0.601. The fourth-order valence-electron chi connectivity index (χ4n) is 1.63. The Labute approximate surface area is 108 Å². The summed E-state index contributed by atoms with van der Waals surface area (Å²) in [5.74, 6) is 0.220. The molecule has 6 nitrogen and oxygen atoms in total. The predicted octanol–water partition coefficient (Wildman–Crippen LogP) is 1.65. The van der Waals surface area contributed by atoms with Crippen LogP contribution in [0.25, 0.3) is 5.78 Å². The molecule has 3 rings (SSSR count). The maximum Gasteiger partial charge on any atom is 0.383 e. The molecule has 6 heteroatoms. The van der Waals surface area contributed by atoms with Gasteiger partial charge in [0.25, 0.3) is 11.6 Å². The zero-order chi connectivity index (χ0) is 13.2. The molecule has 0 aliphatic heterocycles.